The summed E-state index contributed by atoms with van der Waals surface area (Å²) in [7, 11) is 0. The van der Waals surface area contributed by atoms with Crippen LogP contribution < -0.4 is 15.4 Å². The molecule has 0 saturated carbocycles. The molecule has 0 spiro atoms. The number of rotatable bonds is 12. The Bertz CT molecular complexity index is 4450. The van der Waals surface area contributed by atoms with Crippen molar-refractivity contribution in [2.24, 2.45) is 5.92 Å². The maximum absolute atomic E-state index is 9.65. The molecular formula is C73H76N4O. The topological polar surface area (TPSA) is 51.1 Å². The lowest BCUT2D eigenvalue weighted by Gasteiger charge is -2.42. The fourth-order valence-electron chi connectivity index (χ4n) is 10.9. The summed E-state index contributed by atoms with van der Waals surface area (Å²) < 4.78 is 108. The van der Waals surface area contributed by atoms with E-state index in [9.17, 15) is 5.48 Å². The molecule has 8 aromatic carbocycles. The number of pyridine rings is 1. The molecular weight excluding hydrogens is 949 g/mol. The Morgan fingerprint density at radius 3 is 1.92 bits per heavy atom. The van der Waals surface area contributed by atoms with E-state index in [0.717, 1.165) is 40.7 Å². The summed E-state index contributed by atoms with van der Waals surface area (Å²) in [6.45, 7) is 25.9. The van der Waals surface area contributed by atoms with Crippen LogP contribution >= 0.6 is 0 Å². The van der Waals surface area contributed by atoms with Crippen LogP contribution in [0.15, 0.2) is 188 Å². The summed E-state index contributed by atoms with van der Waals surface area (Å²) in [5.41, 5.74) is 11.5. The van der Waals surface area contributed by atoms with Crippen molar-refractivity contribution >= 4 is 44.6 Å². The zero-order valence-electron chi connectivity index (χ0n) is 58.0. The van der Waals surface area contributed by atoms with Gasteiger partial charge in [0.25, 0.3) is 0 Å². The van der Waals surface area contributed by atoms with Crippen LogP contribution in [-0.4, -0.2) is 9.55 Å². The van der Waals surface area contributed by atoms with Gasteiger partial charge in [0, 0.05) is 54.2 Å². The summed E-state index contributed by atoms with van der Waals surface area (Å²) in [4.78, 5) is 5.06. The van der Waals surface area contributed by atoms with E-state index in [2.05, 4.69) is 116 Å². The van der Waals surface area contributed by atoms with Crippen LogP contribution in [0.5, 0.6) is 11.5 Å². The maximum atomic E-state index is 9.65. The standard InChI is InChI=1S/C73H76N4O/c1-47(2)38-50-42-68(74-46-61(50)49-32-35-62-63(41-49)73(11,12)37-36-72(62,9)10)77-66-31-19-16-26-59(66)60-34-33-56(45-67(60)77)78-55-25-20-24-54(44-55)75-64-29-17-18-30-65(64)76-69-57(48-22-14-13-15-23-48)27-21-28-58(69)51-39-52(70(3,4)5)43-53(40-51)71(6,7)8/h13-35,39-47,75-76H,36-38H2,1-12H3/i13D,14D,15D,16D,19D,22D,23D,26D,31D,38D2. The second-order valence-corrected chi connectivity index (χ2v) is 24.6. The number of aromatic nitrogens is 2. The number of nitrogens with one attached hydrogen (secondary N) is 2. The zero-order chi connectivity index (χ0) is 64.4. The molecule has 2 N–H and O–H groups in total. The van der Waals surface area contributed by atoms with Crippen molar-refractivity contribution in [3.8, 4) is 50.7 Å². The maximum Gasteiger partial charge on any atom is 0.137 e. The van der Waals surface area contributed by atoms with E-state index in [1.165, 1.54) is 11.1 Å². The van der Waals surface area contributed by atoms with E-state index >= 15 is 0 Å². The molecule has 1 aliphatic rings. The number of ether oxygens (including phenoxy) is 1. The van der Waals surface area contributed by atoms with Gasteiger partial charge in [-0.2, -0.15) is 0 Å². The molecule has 0 atom stereocenters. The Hall–Kier alpha value is -7.89. The smallest absolute Gasteiger partial charge is 0.137 e. The molecule has 10 aromatic rings. The Morgan fingerprint density at radius 1 is 0.577 bits per heavy atom. The van der Waals surface area contributed by atoms with E-state index in [-0.39, 0.29) is 68.8 Å². The summed E-state index contributed by atoms with van der Waals surface area (Å²) in [6, 6.07) is 37.6. The monoisotopic (exact) mass is 1040 g/mol. The Morgan fingerprint density at radius 2 is 1.22 bits per heavy atom. The van der Waals surface area contributed by atoms with Crippen molar-refractivity contribution in [1.82, 2.24) is 9.55 Å². The fraction of sp³-hybridized carbons (Fsp3) is 0.274. The highest BCUT2D eigenvalue weighted by Gasteiger charge is 2.37. The molecule has 0 saturated heterocycles. The van der Waals surface area contributed by atoms with E-state index in [0.29, 0.717) is 67.2 Å². The fourth-order valence-corrected chi connectivity index (χ4v) is 10.9. The lowest BCUT2D eigenvalue weighted by atomic mass is 9.63. The van der Waals surface area contributed by atoms with Crippen molar-refractivity contribution in [2.75, 3.05) is 10.6 Å². The predicted octanol–water partition coefficient (Wildman–Crippen LogP) is 20.6. The number of fused-ring (bicyclic) bond motifs is 4. The first-order chi connectivity index (χ1) is 41.7. The highest BCUT2D eigenvalue weighted by Crippen LogP contribution is 2.48. The van der Waals surface area contributed by atoms with Crippen LogP contribution in [0.25, 0.3) is 61.0 Å². The molecule has 0 radical (unpaired) electrons. The molecule has 2 aromatic heterocycles. The summed E-state index contributed by atoms with van der Waals surface area (Å²) >= 11 is 0. The molecule has 0 aliphatic heterocycles. The Labute approximate surface area is 479 Å². The van der Waals surface area contributed by atoms with Gasteiger partial charge in [-0.1, -0.05) is 204 Å². The van der Waals surface area contributed by atoms with E-state index in [4.69, 9.17) is 19.3 Å². The molecule has 0 unspecified atom stereocenters. The summed E-state index contributed by atoms with van der Waals surface area (Å²) in [5, 5.41) is 8.12. The minimum Gasteiger partial charge on any atom is -0.457 e. The molecule has 5 nitrogen and oxygen atoms in total. The lowest BCUT2D eigenvalue weighted by Crippen LogP contribution is -2.33. The number of nitrogens with zero attached hydrogens (tertiary/aromatic N) is 2. The van der Waals surface area contributed by atoms with E-state index in [1.807, 2.05) is 74.5 Å². The van der Waals surface area contributed by atoms with Crippen LogP contribution in [0.2, 0.25) is 0 Å². The third-order valence-corrected chi connectivity index (χ3v) is 15.4. The number of para-hydroxylation sites is 4. The number of hydrogen-bond donors (Lipinski definition) is 2. The number of benzene rings is 8. The van der Waals surface area contributed by atoms with Gasteiger partial charge < -0.3 is 15.4 Å². The van der Waals surface area contributed by atoms with Crippen LogP contribution in [0.1, 0.15) is 139 Å². The van der Waals surface area contributed by atoms with Gasteiger partial charge >= 0.3 is 0 Å². The second-order valence-electron chi connectivity index (χ2n) is 24.6. The Balaban J connectivity index is 0.998. The van der Waals surface area contributed by atoms with Crippen molar-refractivity contribution in [1.29, 1.82) is 0 Å². The third kappa shape index (κ3) is 10.4. The third-order valence-electron chi connectivity index (χ3n) is 15.4. The molecule has 0 amide bonds. The van der Waals surface area contributed by atoms with E-state index in [1.54, 1.807) is 41.1 Å². The van der Waals surface area contributed by atoms with Crippen molar-refractivity contribution in [3.05, 3.63) is 216 Å². The van der Waals surface area contributed by atoms with Crippen LogP contribution in [0, 0.1) is 5.92 Å². The molecule has 5 heteroatoms. The van der Waals surface area contributed by atoms with Crippen molar-refractivity contribution in [2.45, 2.75) is 124 Å². The first kappa shape index (κ1) is 40.3. The van der Waals surface area contributed by atoms with Crippen LogP contribution in [0.3, 0.4) is 0 Å². The van der Waals surface area contributed by atoms with Crippen molar-refractivity contribution < 1.29 is 19.8 Å². The minimum absolute atomic E-state index is 0.0195. The van der Waals surface area contributed by atoms with Gasteiger partial charge in [-0.05, 0) is 140 Å². The van der Waals surface area contributed by atoms with Gasteiger partial charge in [-0.15, -0.1) is 0 Å². The highest BCUT2D eigenvalue weighted by atomic mass is 16.5. The van der Waals surface area contributed by atoms with Crippen molar-refractivity contribution in [3.63, 3.8) is 0 Å². The quantitative estimate of drug-likeness (QED) is 0.128. The van der Waals surface area contributed by atoms with Gasteiger partial charge in [0.1, 0.15) is 17.3 Å². The van der Waals surface area contributed by atoms with E-state index < -0.39 is 36.5 Å². The zero-order valence-corrected chi connectivity index (χ0v) is 47.0. The molecule has 78 heavy (non-hydrogen) atoms. The van der Waals surface area contributed by atoms with Gasteiger partial charge in [0.05, 0.1) is 40.4 Å². The number of anilines is 4. The van der Waals surface area contributed by atoms with Gasteiger partial charge in [0.2, 0.25) is 0 Å². The largest absolute Gasteiger partial charge is 0.457 e. The Kier molecular flexibility index (Phi) is 10.4. The van der Waals surface area contributed by atoms with Gasteiger partial charge in [-0.3, -0.25) is 4.57 Å². The van der Waals surface area contributed by atoms with Gasteiger partial charge in [0.15, 0.2) is 0 Å². The molecule has 11 rings (SSSR count). The molecule has 0 bridgehead atoms. The lowest BCUT2D eigenvalue weighted by molar-refractivity contribution is 0.332. The molecule has 2 heterocycles. The average Bonchev–Trinajstić information content (AvgIpc) is 1.67. The summed E-state index contributed by atoms with van der Waals surface area (Å²) in [6.07, 6.45) is 1.92. The first-order valence-electron chi connectivity index (χ1n) is 32.7. The van der Waals surface area contributed by atoms with Crippen LogP contribution in [0.4, 0.5) is 22.7 Å². The molecule has 394 valence electrons. The highest BCUT2D eigenvalue weighted by molar-refractivity contribution is 6.09. The molecule has 0 fully saturated rings. The second kappa shape index (κ2) is 20.2. The predicted molar refractivity (Wildman–Crippen MR) is 332 cm³/mol. The first-order valence-corrected chi connectivity index (χ1v) is 27.2. The normalized spacial score (nSPS) is 16.3. The SMILES string of the molecule is [2H]c1c([2H])c([2H])c(-c2cccc(-c3cc(C(C)(C)C)cc(C(C)(C)C)c3)c2Nc2ccccc2Nc2cccc(Oc3ccc4c5c([2H])c([2H])c([2H])c([2H])c5n(-c5cc(C([2H])([2H])C(C)C)c(-c6ccc7c(c6)C(C)(C)CCC7(C)C)cn5)c4c3)c2)c([2H])c1[2H]. The molecule has 1 aliphatic carbocycles. The average molecular weight is 1040 g/mol. The van der Waals surface area contributed by atoms with Gasteiger partial charge in [-0.25, -0.2) is 4.98 Å². The van der Waals surface area contributed by atoms with Crippen LogP contribution in [-0.2, 0) is 28.0 Å². The summed E-state index contributed by atoms with van der Waals surface area (Å²) in [5.74, 6) is 0.686. The number of hydrogen-bond acceptors (Lipinski definition) is 4. The minimum atomic E-state index is -1.85.